The molecule has 24 heavy (non-hydrogen) atoms. The van der Waals surface area contributed by atoms with E-state index in [0.29, 0.717) is 17.8 Å². The van der Waals surface area contributed by atoms with Crippen molar-refractivity contribution in [3.8, 4) is 0 Å². The quantitative estimate of drug-likeness (QED) is 0.486. The summed E-state index contributed by atoms with van der Waals surface area (Å²) >= 11 is 0. The molecule has 1 aromatic carbocycles. The van der Waals surface area contributed by atoms with Gasteiger partial charge < -0.3 is 14.8 Å². The van der Waals surface area contributed by atoms with Crippen molar-refractivity contribution in [2.24, 2.45) is 0 Å². The van der Waals surface area contributed by atoms with Crippen molar-refractivity contribution in [1.29, 1.82) is 0 Å². The van der Waals surface area contributed by atoms with Gasteiger partial charge in [0.25, 0.3) is 5.91 Å². The summed E-state index contributed by atoms with van der Waals surface area (Å²) in [5, 5.41) is 11.0. The van der Waals surface area contributed by atoms with E-state index in [0.717, 1.165) is 12.0 Å². The van der Waals surface area contributed by atoms with E-state index in [1.807, 2.05) is 18.2 Å². The summed E-state index contributed by atoms with van der Waals surface area (Å²) in [7, 11) is 0. The molecule has 0 spiro atoms. The predicted molar refractivity (Wildman–Crippen MR) is 85.8 cm³/mol. The van der Waals surface area contributed by atoms with E-state index in [1.165, 1.54) is 30.1 Å². The largest absolute Gasteiger partial charge is 0.619 e. The third-order valence-corrected chi connectivity index (χ3v) is 4.11. The van der Waals surface area contributed by atoms with Crippen LogP contribution in [0.5, 0.6) is 0 Å². The number of hydrogen-bond donors (Lipinski definition) is 0. The van der Waals surface area contributed by atoms with Crippen LogP contribution >= 0.6 is 0 Å². The van der Waals surface area contributed by atoms with Crippen molar-refractivity contribution >= 4 is 11.9 Å². The van der Waals surface area contributed by atoms with Crippen LogP contribution in [0, 0.1) is 5.21 Å². The van der Waals surface area contributed by atoms with Crippen molar-refractivity contribution < 1.29 is 19.1 Å². The number of rotatable bonds is 3. The van der Waals surface area contributed by atoms with Crippen molar-refractivity contribution in [2.45, 2.75) is 26.0 Å². The molecule has 1 aliphatic heterocycles. The van der Waals surface area contributed by atoms with Gasteiger partial charge in [-0.2, -0.15) is 4.73 Å². The van der Waals surface area contributed by atoms with E-state index in [9.17, 15) is 14.8 Å². The third kappa shape index (κ3) is 3.37. The fourth-order valence-electron chi connectivity index (χ4n) is 2.77. The molecule has 124 valence electrons. The Morgan fingerprint density at radius 2 is 1.83 bits per heavy atom. The molecule has 1 atom stereocenters. The molecule has 1 aromatic heterocycles. The highest BCUT2D eigenvalue weighted by atomic mass is 16.5. The first-order chi connectivity index (χ1) is 11.5. The normalized spacial score (nSPS) is 14.6. The van der Waals surface area contributed by atoms with Crippen molar-refractivity contribution in [3.05, 3.63) is 70.7 Å². The number of benzene rings is 1. The molecular formula is C18H18N2O4. The second-order valence-electron chi connectivity index (χ2n) is 5.77. The molecule has 0 bridgehead atoms. The summed E-state index contributed by atoms with van der Waals surface area (Å²) < 4.78 is 5.82. The SMILES string of the molecule is C[C@@H](OC(=O)c1cc[n+]([O-])cc1)C(=O)N1CCc2ccccc2C1. The minimum atomic E-state index is -0.873. The van der Waals surface area contributed by atoms with Crippen molar-refractivity contribution in [1.82, 2.24) is 4.90 Å². The highest BCUT2D eigenvalue weighted by molar-refractivity contribution is 5.92. The van der Waals surface area contributed by atoms with Crippen LogP contribution in [-0.4, -0.2) is 29.4 Å². The van der Waals surface area contributed by atoms with E-state index >= 15 is 0 Å². The monoisotopic (exact) mass is 326 g/mol. The van der Waals surface area contributed by atoms with Gasteiger partial charge in [0.1, 0.15) is 0 Å². The highest BCUT2D eigenvalue weighted by Crippen LogP contribution is 2.19. The number of fused-ring (bicyclic) bond motifs is 1. The summed E-state index contributed by atoms with van der Waals surface area (Å²) in [5.74, 6) is -0.832. The first-order valence-electron chi connectivity index (χ1n) is 7.80. The van der Waals surface area contributed by atoms with E-state index < -0.39 is 12.1 Å². The molecule has 6 heteroatoms. The van der Waals surface area contributed by atoms with Crippen LogP contribution in [0.4, 0.5) is 0 Å². The van der Waals surface area contributed by atoms with Gasteiger partial charge in [-0.15, -0.1) is 0 Å². The molecule has 6 nitrogen and oxygen atoms in total. The molecule has 2 heterocycles. The lowest BCUT2D eigenvalue weighted by atomic mass is 9.99. The molecule has 0 saturated carbocycles. The summed E-state index contributed by atoms with van der Waals surface area (Å²) in [6, 6.07) is 10.7. The maximum absolute atomic E-state index is 12.5. The van der Waals surface area contributed by atoms with Crippen LogP contribution in [0.1, 0.15) is 28.4 Å². The molecule has 0 N–H and O–H groups in total. The molecule has 0 radical (unpaired) electrons. The van der Waals surface area contributed by atoms with Gasteiger partial charge in [0.2, 0.25) is 0 Å². The fraction of sp³-hybridized carbons (Fsp3) is 0.278. The van der Waals surface area contributed by atoms with E-state index in [4.69, 9.17) is 4.74 Å². The van der Waals surface area contributed by atoms with Gasteiger partial charge in [-0.05, 0) is 24.5 Å². The number of esters is 1. The number of aromatic nitrogens is 1. The Hall–Kier alpha value is -2.89. The van der Waals surface area contributed by atoms with Gasteiger partial charge in [0.15, 0.2) is 18.5 Å². The minimum absolute atomic E-state index is 0.215. The molecule has 0 fully saturated rings. The first kappa shape index (κ1) is 16.0. The Morgan fingerprint density at radius 1 is 1.17 bits per heavy atom. The number of pyridine rings is 1. The fourth-order valence-corrected chi connectivity index (χ4v) is 2.77. The van der Waals surface area contributed by atoms with Crippen molar-refractivity contribution in [3.63, 3.8) is 0 Å². The summed E-state index contributed by atoms with van der Waals surface area (Å²) in [6.07, 6.45) is 2.35. The van der Waals surface area contributed by atoms with Crippen LogP contribution < -0.4 is 4.73 Å². The molecule has 1 aliphatic rings. The molecule has 0 aliphatic carbocycles. The number of amides is 1. The molecule has 1 amide bonds. The molecular weight excluding hydrogens is 308 g/mol. The van der Waals surface area contributed by atoms with Crippen molar-refractivity contribution in [2.75, 3.05) is 6.54 Å². The van der Waals surface area contributed by atoms with E-state index in [2.05, 4.69) is 6.07 Å². The smallest absolute Gasteiger partial charge is 0.339 e. The zero-order valence-electron chi connectivity index (χ0n) is 13.3. The molecule has 0 unspecified atom stereocenters. The number of ether oxygens (including phenoxy) is 1. The van der Waals surface area contributed by atoms with Crippen LogP contribution in [0.25, 0.3) is 0 Å². The van der Waals surface area contributed by atoms with Gasteiger partial charge in [-0.25, -0.2) is 4.79 Å². The van der Waals surface area contributed by atoms with Crippen LogP contribution in [0.15, 0.2) is 48.8 Å². The van der Waals surface area contributed by atoms with Crippen LogP contribution in [-0.2, 0) is 22.5 Å². The predicted octanol–water partition coefficient (Wildman–Crippen LogP) is 1.45. The highest BCUT2D eigenvalue weighted by Gasteiger charge is 2.27. The maximum Gasteiger partial charge on any atom is 0.339 e. The topological polar surface area (TPSA) is 73.5 Å². The Bertz CT molecular complexity index is 758. The first-order valence-corrected chi connectivity index (χ1v) is 7.80. The third-order valence-electron chi connectivity index (χ3n) is 4.11. The van der Waals surface area contributed by atoms with Gasteiger partial charge in [-0.1, -0.05) is 24.3 Å². The van der Waals surface area contributed by atoms with Crippen LogP contribution in [0.3, 0.4) is 0 Å². The second kappa shape index (κ2) is 6.70. The van der Waals surface area contributed by atoms with Gasteiger partial charge in [-0.3, -0.25) is 4.79 Å². The molecule has 3 rings (SSSR count). The zero-order chi connectivity index (χ0) is 17.1. The number of carbonyl (C=O) groups is 2. The Labute approximate surface area is 139 Å². The maximum atomic E-state index is 12.5. The number of carbonyl (C=O) groups excluding carboxylic acids is 2. The lowest BCUT2D eigenvalue weighted by Crippen LogP contribution is -2.42. The number of nitrogens with zero attached hydrogens (tertiary/aromatic N) is 2. The lowest BCUT2D eigenvalue weighted by Gasteiger charge is -2.30. The van der Waals surface area contributed by atoms with Gasteiger partial charge in [0.05, 0.1) is 5.56 Å². The van der Waals surface area contributed by atoms with E-state index in [1.54, 1.807) is 11.8 Å². The van der Waals surface area contributed by atoms with Gasteiger partial charge >= 0.3 is 5.97 Å². The number of hydrogen-bond acceptors (Lipinski definition) is 4. The average Bonchev–Trinajstić information content (AvgIpc) is 2.61. The Kier molecular flexibility index (Phi) is 4.46. The zero-order valence-corrected chi connectivity index (χ0v) is 13.3. The van der Waals surface area contributed by atoms with Gasteiger partial charge in [0, 0.05) is 25.2 Å². The minimum Gasteiger partial charge on any atom is -0.619 e. The summed E-state index contributed by atoms with van der Waals surface area (Å²) in [6.45, 7) is 2.70. The lowest BCUT2D eigenvalue weighted by molar-refractivity contribution is -0.605. The summed E-state index contributed by atoms with van der Waals surface area (Å²) in [4.78, 5) is 26.3. The molecule has 2 aromatic rings. The Balaban J connectivity index is 1.63. The van der Waals surface area contributed by atoms with Crippen LogP contribution in [0.2, 0.25) is 0 Å². The molecule has 0 saturated heterocycles. The summed E-state index contributed by atoms with van der Waals surface area (Å²) in [5.41, 5.74) is 2.62. The standard InChI is InChI=1S/C18H18N2O4/c1-13(24-18(22)15-7-10-20(23)11-8-15)17(21)19-9-6-14-4-2-3-5-16(14)12-19/h2-5,7-8,10-11,13H,6,9,12H2,1H3/t13-/m1/s1. The average molecular weight is 326 g/mol. The Morgan fingerprint density at radius 3 is 2.54 bits per heavy atom. The van der Waals surface area contributed by atoms with E-state index in [-0.39, 0.29) is 11.5 Å². The second-order valence-corrected chi connectivity index (χ2v) is 5.77.